The number of carboxylic acid groups (broad SMARTS) is 1. The van der Waals surface area contributed by atoms with E-state index in [9.17, 15) is 19.5 Å². The molecule has 1 saturated carbocycles. The topological polar surface area (TPSA) is 74.7 Å². The van der Waals surface area contributed by atoms with Gasteiger partial charge in [0.1, 0.15) is 6.04 Å². The number of hydrogen-bond donors (Lipinski definition) is 1. The molecular formula is C12H17NO4S. The van der Waals surface area contributed by atoms with Crippen molar-refractivity contribution in [3.63, 3.8) is 0 Å². The molecule has 2 fully saturated rings. The Morgan fingerprint density at radius 2 is 1.83 bits per heavy atom. The van der Waals surface area contributed by atoms with Gasteiger partial charge in [0.05, 0.1) is 11.8 Å². The number of imide groups is 1. The number of amides is 2. The predicted molar refractivity (Wildman–Crippen MR) is 67.1 cm³/mol. The van der Waals surface area contributed by atoms with Gasteiger partial charge in [-0.2, -0.15) is 11.8 Å². The summed E-state index contributed by atoms with van der Waals surface area (Å²) in [7, 11) is 0. The second-order valence-electron chi connectivity index (χ2n) is 4.85. The molecule has 18 heavy (non-hydrogen) atoms. The Balaban J connectivity index is 2.24. The van der Waals surface area contributed by atoms with Crippen LogP contribution in [0.5, 0.6) is 0 Å². The molecule has 2 amide bonds. The molecule has 0 aromatic heterocycles. The van der Waals surface area contributed by atoms with Crippen LogP contribution in [0.25, 0.3) is 0 Å². The second-order valence-corrected chi connectivity index (χ2v) is 5.76. The van der Waals surface area contributed by atoms with Crippen LogP contribution in [0, 0.1) is 11.8 Å². The Morgan fingerprint density at radius 3 is 2.22 bits per heavy atom. The predicted octanol–water partition coefficient (Wildman–Crippen LogP) is 0.978. The molecule has 1 heterocycles. The molecule has 2 aliphatic rings. The minimum atomic E-state index is -1.09. The highest BCUT2D eigenvalue weighted by Crippen LogP contribution is 2.39. The van der Waals surface area contributed by atoms with Gasteiger partial charge in [0.25, 0.3) is 0 Å². The van der Waals surface area contributed by atoms with E-state index in [1.165, 1.54) is 11.8 Å². The molecule has 1 N–H and O–H groups in total. The van der Waals surface area contributed by atoms with Crippen molar-refractivity contribution in [2.75, 3.05) is 12.0 Å². The van der Waals surface area contributed by atoms with E-state index in [2.05, 4.69) is 0 Å². The molecule has 3 unspecified atom stereocenters. The average molecular weight is 271 g/mol. The van der Waals surface area contributed by atoms with Crippen molar-refractivity contribution < 1.29 is 19.5 Å². The number of nitrogens with zero attached hydrogens (tertiary/aromatic N) is 1. The van der Waals surface area contributed by atoms with Crippen LogP contribution in [0.2, 0.25) is 0 Å². The number of carbonyl (C=O) groups is 3. The lowest BCUT2D eigenvalue weighted by Gasteiger charge is -2.22. The highest BCUT2D eigenvalue weighted by molar-refractivity contribution is 7.98. The molecule has 2 rings (SSSR count). The third kappa shape index (κ3) is 2.13. The number of hydrogen-bond acceptors (Lipinski definition) is 4. The molecule has 0 bridgehead atoms. The van der Waals surface area contributed by atoms with Crippen LogP contribution in [-0.4, -0.2) is 45.8 Å². The minimum absolute atomic E-state index is 0.256. The molecule has 100 valence electrons. The van der Waals surface area contributed by atoms with Crippen LogP contribution in [-0.2, 0) is 14.4 Å². The van der Waals surface area contributed by atoms with Crippen LogP contribution in [0.4, 0.5) is 0 Å². The highest BCUT2D eigenvalue weighted by Gasteiger charge is 2.51. The fourth-order valence-electron chi connectivity index (χ4n) is 2.91. The van der Waals surface area contributed by atoms with Gasteiger partial charge in [-0.15, -0.1) is 0 Å². The molecule has 0 aromatic rings. The highest BCUT2D eigenvalue weighted by atomic mass is 32.2. The van der Waals surface area contributed by atoms with Crippen LogP contribution in [0.1, 0.15) is 25.7 Å². The van der Waals surface area contributed by atoms with E-state index in [4.69, 9.17) is 0 Å². The molecule has 0 aromatic carbocycles. The van der Waals surface area contributed by atoms with Crippen molar-refractivity contribution in [3.05, 3.63) is 0 Å². The molecular weight excluding hydrogens is 254 g/mol. The zero-order chi connectivity index (χ0) is 13.3. The fourth-order valence-corrected chi connectivity index (χ4v) is 3.52. The summed E-state index contributed by atoms with van der Waals surface area (Å²) in [6, 6.07) is -1.01. The van der Waals surface area contributed by atoms with Gasteiger partial charge in [0.15, 0.2) is 0 Å². The Morgan fingerprint density at radius 1 is 1.33 bits per heavy atom. The first-order chi connectivity index (χ1) is 8.57. The number of carbonyl (C=O) groups excluding carboxylic acids is 2. The Labute approximate surface area is 110 Å². The normalized spacial score (nSPS) is 29.3. The van der Waals surface area contributed by atoms with Crippen molar-refractivity contribution in [1.82, 2.24) is 4.90 Å². The van der Waals surface area contributed by atoms with E-state index in [0.29, 0.717) is 0 Å². The van der Waals surface area contributed by atoms with Gasteiger partial charge in [0.2, 0.25) is 11.8 Å². The van der Waals surface area contributed by atoms with Crippen molar-refractivity contribution in [2.24, 2.45) is 11.8 Å². The average Bonchev–Trinajstić information content (AvgIpc) is 2.60. The van der Waals surface area contributed by atoms with E-state index >= 15 is 0 Å². The number of carboxylic acids is 1. The molecule has 1 aliphatic heterocycles. The zero-order valence-electron chi connectivity index (χ0n) is 10.3. The summed E-state index contributed by atoms with van der Waals surface area (Å²) in [5.41, 5.74) is 0. The van der Waals surface area contributed by atoms with Gasteiger partial charge in [-0.1, -0.05) is 12.8 Å². The first kappa shape index (κ1) is 13.4. The molecule has 0 spiro atoms. The van der Waals surface area contributed by atoms with Crippen molar-refractivity contribution in [1.29, 1.82) is 0 Å². The third-order valence-electron chi connectivity index (χ3n) is 3.80. The first-order valence-electron chi connectivity index (χ1n) is 6.16. The molecule has 5 nitrogen and oxygen atoms in total. The molecule has 1 saturated heterocycles. The standard InChI is InChI=1S/C12H17NO4S/c1-18-6-9(12(16)17)13-10(14)7-4-2-3-5-8(7)11(13)15/h7-9H,2-6H2,1H3,(H,16,17). The van der Waals surface area contributed by atoms with Crippen LogP contribution in [0.15, 0.2) is 0 Å². The summed E-state index contributed by atoms with van der Waals surface area (Å²) in [6.45, 7) is 0. The monoisotopic (exact) mass is 271 g/mol. The lowest BCUT2D eigenvalue weighted by atomic mass is 9.81. The number of aliphatic carboxylic acids is 1. The van der Waals surface area contributed by atoms with Crippen LogP contribution < -0.4 is 0 Å². The lowest BCUT2D eigenvalue weighted by Crippen LogP contribution is -2.47. The van der Waals surface area contributed by atoms with Gasteiger partial charge in [-0.3, -0.25) is 14.5 Å². The molecule has 6 heteroatoms. The van der Waals surface area contributed by atoms with Crippen molar-refractivity contribution in [3.8, 4) is 0 Å². The summed E-state index contributed by atoms with van der Waals surface area (Å²) >= 11 is 1.34. The van der Waals surface area contributed by atoms with E-state index in [1.807, 2.05) is 0 Å². The first-order valence-corrected chi connectivity index (χ1v) is 7.56. The van der Waals surface area contributed by atoms with E-state index in [0.717, 1.165) is 30.6 Å². The number of rotatable bonds is 4. The van der Waals surface area contributed by atoms with Gasteiger partial charge >= 0.3 is 5.97 Å². The maximum Gasteiger partial charge on any atom is 0.327 e. The number of thioether (sulfide) groups is 1. The minimum Gasteiger partial charge on any atom is -0.480 e. The summed E-state index contributed by atoms with van der Waals surface area (Å²) in [6.07, 6.45) is 5.12. The number of fused-ring (bicyclic) bond motifs is 1. The van der Waals surface area contributed by atoms with Gasteiger partial charge in [-0.25, -0.2) is 4.79 Å². The van der Waals surface area contributed by atoms with Crippen molar-refractivity contribution >= 4 is 29.5 Å². The van der Waals surface area contributed by atoms with Crippen LogP contribution >= 0.6 is 11.8 Å². The summed E-state index contributed by atoms with van der Waals surface area (Å²) in [5.74, 6) is -1.92. The molecule has 1 aliphatic carbocycles. The quantitative estimate of drug-likeness (QED) is 0.771. The summed E-state index contributed by atoms with van der Waals surface area (Å²) in [5, 5.41) is 9.17. The fraction of sp³-hybridized carbons (Fsp3) is 0.750. The van der Waals surface area contributed by atoms with Crippen LogP contribution in [0.3, 0.4) is 0 Å². The maximum atomic E-state index is 12.2. The smallest absolute Gasteiger partial charge is 0.327 e. The van der Waals surface area contributed by atoms with Crippen molar-refractivity contribution in [2.45, 2.75) is 31.7 Å². The van der Waals surface area contributed by atoms with E-state index in [1.54, 1.807) is 6.26 Å². The van der Waals surface area contributed by atoms with Gasteiger partial charge in [0, 0.05) is 5.75 Å². The number of likely N-dealkylation sites (tertiary alicyclic amines) is 1. The summed E-state index contributed by atoms with van der Waals surface area (Å²) < 4.78 is 0. The Kier molecular flexibility index (Phi) is 3.94. The largest absolute Gasteiger partial charge is 0.480 e. The van der Waals surface area contributed by atoms with Gasteiger partial charge in [-0.05, 0) is 19.1 Å². The third-order valence-corrected chi connectivity index (χ3v) is 4.45. The van der Waals surface area contributed by atoms with Gasteiger partial charge < -0.3 is 5.11 Å². The Bertz CT molecular complexity index is 360. The second kappa shape index (κ2) is 5.30. The SMILES string of the molecule is CSCC(C(=O)O)N1C(=O)C2CCCCC2C1=O. The van der Waals surface area contributed by atoms with E-state index < -0.39 is 12.0 Å². The lowest BCUT2D eigenvalue weighted by molar-refractivity contribution is -0.154. The molecule has 0 radical (unpaired) electrons. The zero-order valence-corrected chi connectivity index (χ0v) is 11.1. The maximum absolute atomic E-state index is 12.2. The van der Waals surface area contributed by atoms with E-state index in [-0.39, 0.29) is 29.4 Å². The summed E-state index contributed by atoms with van der Waals surface area (Å²) in [4.78, 5) is 36.6. The molecule has 3 atom stereocenters. The Hall–Kier alpha value is -1.04.